The van der Waals surface area contributed by atoms with E-state index in [2.05, 4.69) is 5.10 Å². The smallest absolute Gasteiger partial charge is 0.320 e. The fourth-order valence-electron chi connectivity index (χ4n) is 2.37. The highest BCUT2D eigenvalue weighted by atomic mass is 35.5. The number of carbonyl (C=O) groups excluding carboxylic acids is 1. The molecule has 1 atom stereocenters. The summed E-state index contributed by atoms with van der Waals surface area (Å²) >= 11 is 5.84. The van der Waals surface area contributed by atoms with Crippen LogP contribution in [0.5, 0.6) is 0 Å². The molecular weight excluding hydrogens is 288 g/mol. The Morgan fingerprint density at radius 1 is 1.25 bits per heavy atom. The Morgan fingerprint density at radius 3 is 2.50 bits per heavy atom. The second kappa shape index (κ2) is 5.01. The maximum atomic E-state index is 13.3. The number of likely N-dealkylation sites (tertiary alicyclic amines) is 1. The lowest BCUT2D eigenvalue weighted by Gasteiger charge is -2.38. The number of hydrogen-bond acceptors (Lipinski definition) is 2. The maximum absolute atomic E-state index is 13.3. The molecule has 1 saturated heterocycles. The van der Waals surface area contributed by atoms with Crippen LogP contribution >= 0.6 is 11.6 Å². The van der Waals surface area contributed by atoms with E-state index >= 15 is 0 Å². The molecule has 0 bridgehead atoms. The van der Waals surface area contributed by atoms with Crippen LogP contribution in [0.4, 0.5) is 13.6 Å². The summed E-state index contributed by atoms with van der Waals surface area (Å²) in [5.74, 6) is -1.33. The van der Waals surface area contributed by atoms with E-state index in [1.807, 2.05) is 0 Å². The van der Waals surface area contributed by atoms with Crippen LogP contribution in [0.15, 0.2) is 23.3 Å². The van der Waals surface area contributed by atoms with Crippen molar-refractivity contribution in [3.05, 3.63) is 35.4 Å². The van der Waals surface area contributed by atoms with E-state index in [1.165, 1.54) is 17.1 Å². The molecule has 1 aromatic carbocycles. The second-order valence-corrected chi connectivity index (χ2v) is 5.50. The van der Waals surface area contributed by atoms with Crippen molar-refractivity contribution in [2.75, 3.05) is 13.1 Å². The molecule has 0 N–H and O–H groups in total. The molecule has 0 aliphatic carbocycles. The number of hydrazone groups is 1. The lowest BCUT2D eigenvalue weighted by molar-refractivity contribution is 0.119. The molecule has 2 heterocycles. The van der Waals surface area contributed by atoms with Gasteiger partial charge in [-0.1, -0.05) is 0 Å². The van der Waals surface area contributed by atoms with Crippen LogP contribution in [0.3, 0.4) is 0 Å². The second-order valence-electron chi connectivity index (χ2n) is 4.88. The highest BCUT2D eigenvalue weighted by Gasteiger charge is 2.37. The first-order valence-electron chi connectivity index (χ1n) is 6.25. The van der Waals surface area contributed by atoms with Gasteiger partial charge in [0.1, 0.15) is 11.6 Å². The van der Waals surface area contributed by atoms with E-state index in [9.17, 15) is 13.6 Å². The van der Waals surface area contributed by atoms with Crippen molar-refractivity contribution < 1.29 is 13.6 Å². The van der Waals surface area contributed by atoms with Crippen LogP contribution < -0.4 is 0 Å². The third-order valence-electron chi connectivity index (χ3n) is 3.40. The molecule has 2 aliphatic heterocycles. The van der Waals surface area contributed by atoms with Gasteiger partial charge in [0.2, 0.25) is 0 Å². The molecule has 106 valence electrons. The number of halogens is 3. The number of urea groups is 1. The minimum Gasteiger partial charge on any atom is -0.320 e. The Hall–Kier alpha value is -1.69. The number of amides is 2. The van der Waals surface area contributed by atoms with Crippen LogP contribution in [0.25, 0.3) is 0 Å². The fourth-order valence-corrected chi connectivity index (χ4v) is 2.70. The Morgan fingerprint density at radius 2 is 1.90 bits per heavy atom. The molecule has 3 rings (SSSR count). The third-order valence-corrected chi connectivity index (χ3v) is 3.68. The van der Waals surface area contributed by atoms with Crippen molar-refractivity contribution >= 4 is 23.8 Å². The highest BCUT2D eigenvalue weighted by Crippen LogP contribution is 2.31. The van der Waals surface area contributed by atoms with Crippen molar-refractivity contribution in [3.8, 4) is 0 Å². The van der Waals surface area contributed by atoms with E-state index in [4.69, 9.17) is 11.6 Å². The molecule has 4 nitrogen and oxygen atoms in total. The summed E-state index contributed by atoms with van der Waals surface area (Å²) in [6.07, 6.45) is 2.01. The van der Waals surface area contributed by atoms with Gasteiger partial charge in [0.15, 0.2) is 0 Å². The van der Waals surface area contributed by atoms with Gasteiger partial charge in [0, 0.05) is 31.8 Å². The average Bonchev–Trinajstić information content (AvgIpc) is 2.82. The molecule has 1 fully saturated rings. The quantitative estimate of drug-likeness (QED) is 0.735. The Balaban J connectivity index is 1.81. The summed E-state index contributed by atoms with van der Waals surface area (Å²) in [4.78, 5) is 13.8. The van der Waals surface area contributed by atoms with Gasteiger partial charge in [-0.05, 0) is 17.7 Å². The van der Waals surface area contributed by atoms with E-state index in [0.717, 1.165) is 6.07 Å². The molecule has 0 radical (unpaired) electrons. The van der Waals surface area contributed by atoms with E-state index in [0.29, 0.717) is 25.1 Å². The molecule has 0 saturated carbocycles. The lowest BCUT2D eigenvalue weighted by atomic mass is 10.0. The van der Waals surface area contributed by atoms with Gasteiger partial charge >= 0.3 is 6.03 Å². The van der Waals surface area contributed by atoms with Crippen molar-refractivity contribution in [1.82, 2.24) is 9.91 Å². The largest absolute Gasteiger partial charge is 0.341 e. The molecule has 2 amide bonds. The Labute approximate surface area is 119 Å². The topological polar surface area (TPSA) is 35.9 Å². The van der Waals surface area contributed by atoms with Crippen LogP contribution in [-0.4, -0.2) is 40.6 Å². The zero-order valence-electron chi connectivity index (χ0n) is 10.5. The first-order chi connectivity index (χ1) is 9.54. The summed E-state index contributed by atoms with van der Waals surface area (Å²) in [6, 6.07) is 2.50. The molecule has 0 aromatic heterocycles. The first-order valence-corrected chi connectivity index (χ1v) is 6.69. The standard InChI is InChI=1S/C13H12ClF2N3O/c14-9-6-18(7-9)13(20)19-12(1-2-17-19)8-3-10(15)5-11(16)4-8/h2-5,9,12H,1,6-7H2/t12-/m0/s1. The summed E-state index contributed by atoms with van der Waals surface area (Å²) in [5, 5.41) is 5.24. The number of benzene rings is 1. The maximum Gasteiger partial charge on any atom is 0.341 e. The number of rotatable bonds is 1. The van der Waals surface area contributed by atoms with Crippen LogP contribution in [-0.2, 0) is 0 Å². The van der Waals surface area contributed by atoms with Gasteiger partial charge < -0.3 is 4.90 Å². The normalized spacial score (nSPS) is 22.2. The fraction of sp³-hybridized carbons (Fsp3) is 0.385. The van der Waals surface area contributed by atoms with Crippen molar-refractivity contribution in [2.45, 2.75) is 17.8 Å². The summed E-state index contributed by atoms with van der Waals surface area (Å²) in [6.45, 7) is 0.938. The monoisotopic (exact) mass is 299 g/mol. The minimum absolute atomic E-state index is 0.0319. The predicted molar refractivity (Wildman–Crippen MR) is 70.7 cm³/mol. The molecule has 2 aliphatic rings. The van der Waals surface area contributed by atoms with Gasteiger partial charge in [0.05, 0.1) is 11.4 Å². The number of nitrogens with zero attached hydrogens (tertiary/aromatic N) is 3. The zero-order chi connectivity index (χ0) is 14.3. The van der Waals surface area contributed by atoms with E-state index in [1.54, 1.807) is 11.1 Å². The van der Waals surface area contributed by atoms with Crippen molar-refractivity contribution in [3.63, 3.8) is 0 Å². The predicted octanol–water partition coefficient (Wildman–Crippen LogP) is 2.74. The molecule has 0 unspecified atom stereocenters. The SMILES string of the molecule is O=C(N1CC(Cl)C1)N1N=CC[C@H]1c1cc(F)cc(F)c1. The number of hydrogen-bond donors (Lipinski definition) is 0. The average molecular weight is 300 g/mol. The highest BCUT2D eigenvalue weighted by molar-refractivity contribution is 6.21. The van der Waals surface area contributed by atoms with Gasteiger partial charge in [0.25, 0.3) is 0 Å². The Kier molecular flexibility index (Phi) is 3.33. The summed E-state index contributed by atoms with van der Waals surface area (Å²) in [5.41, 5.74) is 0.399. The summed E-state index contributed by atoms with van der Waals surface area (Å²) < 4.78 is 26.6. The van der Waals surface area contributed by atoms with Gasteiger partial charge in [-0.2, -0.15) is 5.10 Å². The number of carbonyl (C=O) groups is 1. The van der Waals surface area contributed by atoms with Gasteiger partial charge in [-0.15, -0.1) is 11.6 Å². The summed E-state index contributed by atoms with van der Waals surface area (Å²) in [7, 11) is 0. The third kappa shape index (κ3) is 2.35. The molecule has 7 heteroatoms. The van der Waals surface area contributed by atoms with Crippen molar-refractivity contribution in [1.29, 1.82) is 0 Å². The molecule has 20 heavy (non-hydrogen) atoms. The van der Waals surface area contributed by atoms with E-state index < -0.39 is 17.7 Å². The van der Waals surface area contributed by atoms with E-state index in [-0.39, 0.29) is 11.4 Å². The molecular formula is C13H12ClF2N3O. The molecule has 0 spiro atoms. The lowest BCUT2D eigenvalue weighted by Crippen LogP contribution is -2.54. The first kappa shape index (κ1) is 13.3. The zero-order valence-corrected chi connectivity index (χ0v) is 11.2. The van der Waals surface area contributed by atoms with Crippen LogP contribution in [0.1, 0.15) is 18.0 Å². The van der Waals surface area contributed by atoms with Crippen molar-refractivity contribution in [2.24, 2.45) is 5.10 Å². The van der Waals surface area contributed by atoms with Crippen LogP contribution in [0, 0.1) is 11.6 Å². The van der Waals surface area contributed by atoms with Crippen LogP contribution in [0.2, 0.25) is 0 Å². The van der Waals surface area contributed by atoms with Gasteiger partial charge in [-0.25, -0.2) is 18.6 Å². The number of alkyl halides is 1. The van der Waals surface area contributed by atoms with Gasteiger partial charge in [-0.3, -0.25) is 0 Å². The minimum atomic E-state index is -0.663. The molecule has 1 aromatic rings. The Bertz CT molecular complexity index is 554.